The second-order valence-corrected chi connectivity index (χ2v) is 6.13. The summed E-state index contributed by atoms with van der Waals surface area (Å²) >= 11 is 0. The molecular weight excluding hydrogens is 222 g/mol. The van der Waals surface area contributed by atoms with Gasteiger partial charge in [0, 0.05) is 6.04 Å². The molecule has 0 spiro atoms. The van der Waals surface area contributed by atoms with Crippen LogP contribution in [-0.4, -0.2) is 37.6 Å². The topological polar surface area (TPSA) is 39.1 Å². The Morgan fingerprint density at radius 3 is 2.33 bits per heavy atom. The van der Waals surface area contributed by atoms with E-state index in [1.165, 1.54) is 12.8 Å². The first-order valence-electron chi connectivity index (χ1n) is 7.21. The summed E-state index contributed by atoms with van der Waals surface area (Å²) in [7, 11) is 2.18. The molecule has 0 rings (SSSR count). The molecule has 0 bridgehead atoms. The number of nitrogens with zero attached hydrogens (tertiary/aromatic N) is 2. The minimum absolute atomic E-state index is 0.153. The van der Waals surface area contributed by atoms with Gasteiger partial charge in [-0.15, -0.1) is 0 Å². The van der Waals surface area contributed by atoms with E-state index >= 15 is 0 Å². The largest absolute Gasteiger partial charge is 0.317 e. The molecule has 0 atom stereocenters. The molecule has 0 saturated carbocycles. The molecular formula is C15H31N3. The fourth-order valence-corrected chi connectivity index (χ4v) is 1.71. The van der Waals surface area contributed by atoms with E-state index < -0.39 is 0 Å². The highest BCUT2D eigenvalue weighted by Gasteiger charge is 2.15. The van der Waals surface area contributed by atoms with E-state index in [4.69, 9.17) is 5.26 Å². The molecule has 0 aromatic heterocycles. The molecule has 3 nitrogen and oxygen atoms in total. The molecule has 0 aromatic carbocycles. The average molecular weight is 253 g/mol. The average Bonchev–Trinajstić information content (AvgIpc) is 2.32. The second-order valence-electron chi connectivity index (χ2n) is 6.13. The third-order valence-electron chi connectivity index (χ3n) is 3.45. The van der Waals surface area contributed by atoms with Crippen molar-refractivity contribution in [2.24, 2.45) is 5.41 Å². The van der Waals surface area contributed by atoms with Crippen LogP contribution in [0.3, 0.4) is 0 Å². The van der Waals surface area contributed by atoms with Crippen molar-refractivity contribution in [1.29, 1.82) is 5.26 Å². The van der Waals surface area contributed by atoms with Crippen LogP contribution in [0.5, 0.6) is 0 Å². The van der Waals surface area contributed by atoms with Gasteiger partial charge in [0.15, 0.2) is 0 Å². The first-order valence-corrected chi connectivity index (χ1v) is 7.21. The Bertz CT molecular complexity index is 241. The molecule has 18 heavy (non-hydrogen) atoms. The van der Waals surface area contributed by atoms with Crippen molar-refractivity contribution in [3.05, 3.63) is 0 Å². The van der Waals surface area contributed by atoms with Gasteiger partial charge in [-0.25, -0.2) is 0 Å². The van der Waals surface area contributed by atoms with Crippen LogP contribution in [0.25, 0.3) is 0 Å². The Morgan fingerprint density at radius 1 is 1.17 bits per heavy atom. The molecule has 0 amide bonds. The molecule has 0 aliphatic rings. The highest BCUT2D eigenvalue weighted by Crippen LogP contribution is 2.21. The van der Waals surface area contributed by atoms with Crippen molar-refractivity contribution in [2.75, 3.05) is 26.7 Å². The zero-order chi connectivity index (χ0) is 14.0. The zero-order valence-corrected chi connectivity index (χ0v) is 12.9. The summed E-state index contributed by atoms with van der Waals surface area (Å²) in [6, 6.07) is 2.99. The van der Waals surface area contributed by atoms with Gasteiger partial charge < -0.3 is 10.2 Å². The van der Waals surface area contributed by atoms with Gasteiger partial charge in [0.1, 0.15) is 0 Å². The summed E-state index contributed by atoms with van der Waals surface area (Å²) in [5.41, 5.74) is -0.153. The van der Waals surface area contributed by atoms with Gasteiger partial charge in [0.2, 0.25) is 0 Å². The summed E-state index contributed by atoms with van der Waals surface area (Å²) < 4.78 is 0. The van der Waals surface area contributed by atoms with E-state index in [1.54, 1.807) is 0 Å². The van der Waals surface area contributed by atoms with Crippen LogP contribution in [0.1, 0.15) is 53.4 Å². The molecule has 0 radical (unpaired) electrons. The van der Waals surface area contributed by atoms with Crippen LogP contribution in [0.2, 0.25) is 0 Å². The fourth-order valence-electron chi connectivity index (χ4n) is 1.71. The molecule has 0 fully saturated rings. The lowest BCUT2D eigenvalue weighted by molar-refractivity contribution is 0.269. The lowest BCUT2D eigenvalue weighted by atomic mass is 9.89. The van der Waals surface area contributed by atoms with Crippen LogP contribution in [0.15, 0.2) is 0 Å². The van der Waals surface area contributed by atoms with Gasteiger partial charge in [-0.2, -0.15) is 5.26 Å². The van der Waals surface area contributed by atoms with E-state index in [0.717, 1.165) is 32.5 Å². The van der Waals surface area contributed by atoms with Gasteiger partial charge in [-0.05, 0) is 73.6 Å². The highest BCUT2D eigenvalue weighted by atomic mass is 15.1. The Balaban J connectivity index is 3.30. The number of unbranched alkanes of at least 4 members (excludes halogenated alkanes) is 1. The van der Waals surface area contributed by atoms with E-state index in [9.17, 15) is 0 Å². The first kappa shape index (κ1) is 17.4. The van der Waals surface area contributed by atoms with Crippen molar-refractivity contribution in [1.82, 2.24) is 10.2 Å². The molecule has 0 heterocycles. The maximum atomic E-state index is 8.89. The summed E-state index contributed by atoms with van der Waals surface area (Å²) in [4.78, 5) is 2.37. The second kappa shape index (κ2) is 9.35. The first-order chi connectivity index (χ1) is 8.39. The number of nitriles is 1. The van der Waals surface area contributed by atoms with Gasteiger partial charge >= 0.3 is 0 Å². The SMILES string of the molecule is CC(C)N(C)CCCNCCCCC(C)(C)C#N. The van der Waals surface area contributed by atoms with Crippen LogP contribution in [-0.2, 0) is 0 Å². The lowest BCUT2D eigenvalue weighted by Crippen LogP contribution is -2.29. The van der Waals surface area contributed by atoms with Crippen LogP contribution in [0, 0.1) is 16.7 Å². The molecule has 3 heteroatoms. The molecule has 0 aromatic rings. The van der Waals surface area contributed by atoms with Crippen LogP contribution in [0.4, 0.5) is 0 Å². The minimum Gasteiger partial charge on any atom is -0.317 e. The van der Waals surface area contributed by atoms with E-state index in [0.29, 0.717) is 6.04 Å². The molecule has 0 aliphatic heterocycles. The fraction of sp³-hybridized carbons (Fsp3) is 0.933. The Hall–Kier alpha value is -0.590. The Labute approximate surface area is 114 Å². The maximum Gasteiger partial charge on any atom is 0.0683 e. The molecule has 0 saturated heterocycles. The molecule has 0 unspecified atom stereocenters. The van der Waals surface area contributed by atoms with Gasteiger partial charge in [0.25, 0.3) is 0 Å². The molecule has 0 aliphatic carbocycles. The van der Waals surface area contributed by atoms with E-state index in [1.807, 2.05) is 13.8 Å². The predicted molar refractivity (Wildman–Crippen MR) is 78.5 cm³/mol. The Kier molecular flexibility index (Phi) is 9.05. The van der Waals surface area contributed by atoms with Crippen molar-refractivity contribution < 1.29 is 0 Å². The number of hydrogen-bond acceptors (Lipinski definition) is 3. The summed E-state index contributed by atoms with van der Waals surface area (Å²) in [6.07, 6.45) is 4.52. The summed E-state index contributed by atoms with van der Waals surface area (Å²) in [6.45, 7) is 11.8. The van der Waals surface area contributed by atoms with Crippen molar-refractivity contribution in [3.63, 3.8) is 0 Å². The minimum atomic E-state index is -0.153. The van der Waals surface area contributed by atoms with Crippen LogP contribution < -0.4 is 5.32 Å². The number of nitrogens with one attached hydrogen (secondary N) is 1. The van der Waals surface area contributed by atoms with Gasteiger partial charge in [-0.3, -0.25) is 0 Å². The summed E-state index contributed by atoms with van der Waals surface area (Å²) in [5.74, 6) is 0. The maximum absolute atomic E-state index is 8.89. The zero-order valence-electron chi connectivity index (χ0n) is 12.9. The van der Waals surface area contributed by atoms with E-state index in [-0.39, 0.29) is 5.41 Å². The van der Waals surface area contributed by atoms with Gasteiger partial charge in [-0.1, -0.05) is 6.42 Å². The number of rotatable bonds is 10. The van der Waals surface area contributed by atoms with Crippen molar-refractivity contribution in [3.8, 4) is 6.07 Å². The van der Waals surface area contributed by atoms with Crippen LogP contribution >= 0.6 is 0 Å². The monoisotopic (exact) mass is 253 g/mol. The summed E-state index contributed by atoms with van der Waals surface area (Å²) in [5, 5.41) is 12.4. The standard InChI is InChI=1S/C15H31N3/c1-14(2)18(5)12-8-11-17-10-7-6-9-15(3,4)13-16/h14,17H,6-12H2,1-5H3. The number of hydrogen-bond donors (Lipinski definition) is 1. The van der Waals surface area contributed by atoms with Crippen molar-refractivity contribution in [2.45, 2.75) is 59.4 Å². The lowest BCUT2D eigenvalue weighted by Gasteiger charge is -2.20. The quantitative estimate of drug-likeness (QED) is 0.608. The molecule has 106 valence electrons. The predicted octanol–water partition coefficient (Wildman–Crippen LogP) is 3.03. The highest BCUT2D eigenvalue weighted by molar-refractivity contribution is 4.91. The van der Waals surface area contributed by atoms with Gasteiger partial charge in [0.05, 0.1) is 11.5 Å². The van der Waals surface area contributed by atoms with Crippen molar-refractivity contribution >= 4 is 0 Å². The molecule has 1 N–H and O–H groups in total. The third-order valence-corrected chi connectivity index (χ3v) is 3.45. The third kappa shape index (κ3) is 9.44. The normalized spacial score (nSPS) is 12.1. The smallest absolute Gasteiger partial charge is 0.0683 e. The van der Waals surface area contributed by atoms with E-state index in [2.05, 4.69) is 37.2 Å². The Morgan fingerprint density at radius 2 is 1.78 bits per heavy atom.